The second kappa shape index (κ2) is 6.21. The summed E-state index contributed by atoms with van der Waals surface area (Å²) in [5.41, 5.74) is 0.796. The molecule has 2 rings (SSSR count). The van der Waals surface area contributed by atoms with Crippen molar-refractivity contribution in [2.75, 3.05) is 18.1 Å². The minimum absolute atomic E-state index is 0.00317. The van der Waals surface area contributed by atoms with Gasteiger partial charge in [-0.15, -0.1) is 0 Å². The van der Waals surface area contributed by atoms with Crippen LogP contribution in [-0.2, 0) is 16.4 Å². The Balaban J connectivity index is 1.69. The molecule has 1 aliphatic heterocycles. The van der Waals surface area contributed by atoms with Crippen LogP contribution in [0.4, 0.5) is 9.18 Å². The van der Waals surface area contributed by atoms with Gasteiger partial charge >= 0.3 is 6.03 Å². The molecular weight excluding hydrogens is 283 g/mol. The monoisotopic (exact) mass is 300 g/mol. The normalized spacial score (nSPS) is 20.6. The highest BCUT2D eigenvalue weighted by atomic mass is 32.2. The molecule has 110 valence electrons. The predicted octanol–water partition coefficient (Wildman–Crippen LogP) is 1.06. The first-order chi connectivity index (χ1) is 9.44. The molecule has 1 heterocycles. The van der Waals surface area contributed by atoms with Gasteiger partial charge in [0.2, 0.25) is 0 Å². The lowest BCUT2D eigenvalue weighted by atomic mass is 10.1. The van der Waals surface area contributed by atoms with E-state index in [-0.39, 0.29) is 29.3 Å². The zero-order chi connectivity index (χ0) is 14.6. The summed E-state index contributed by atoms with van der Waals surface area (Å²) in [6, 6.07) is 5.51. The number of urea groups is 1. The second-order valence-electron chi connectivity index (χ2n) is 4.96. The fourth-order valence-electron chi connectivity index (χ4n) is 2.12. The first-order valence-corrected chi connectivity index (χ1v) is 8.23. The number of rotatable bonds is 4. The topological polar surface area (TPSA) is 75.3 Å². The number of sulfone groups is 1. The van der Waals surface area contributed by atoms with Crippen molar-refractivity contribution in [3.05, 3.63) is 35.6 Å². The Labute approximate surface area is 117 Å². The molecule has 1 saturated heterocycles. The number of nitrogens with one attached hydrogen (secondary N) is 2. The Morgan fingerprint density at radius 2 is 1.95 bits per heavy atom. The first kappa shape index (κ1) is 14.8. The summed E-state index contributed by atoms with van der Waals surface area (Å²) in [4.78, 5) is 11.6. The van der Waals surface area contributed by atoms with Crippen LogP contribution in [0.25, 0.3) is 0 Å². The van der Waals surface area contributed by atoms with E-state index in [1.807, 2.05) is 0 Å². The maximum absolute atomic E-state index is 12.7. The van der Waals surface area contributed by atoms with Gasteiger partial charge in [0.05, 0.1) is 11.5 Å². The number of halogens is 1. The van der Waals surface area contributed by atoms with Crippen LogP contribution in [0.1, 0.15) is 12.0 Å². The van der Waals surface area contributed by atoms with Crippen molar-refractivity contribution in [3.63, 3.8) is 0 Å². The van der Waals surface area contributed by atoms with Crippen molar-refractivity contribution in [2.45, 2.75) is 13.0 Å². The van der Waals surface area contributed by atoms with Crippen LogP contribution in [0.2, 0.25) is 0 Å². The van der Waals surface area contributed by atoms with Crippen LogP contribution in [0.15, 0.2) is 24.3 Å². The minimum atomic E-state index is -2.91. The molecular formula is C13H17FN2O3S. The van der Waals surface area contributed by atoms with Gasteiger partial charge in [0, 0.05) is 13.1 Å². The molecule has 2 N–H and O–H groups in total. The average Bonchev–Trinajstić information content (AvgIpc) is 2.75. The zero-order valence-corrected chi connectivity index (χ0v) is 11.7. The number of hydrogen-bond donors (Lipinski definition) is 2. The third-order valence-electron chi connectivity index (χ3n) is 3.24. The molecule has 1 aliphatic rings. The Morgan fingerprint density at radius 3 is 2.55 bits per heavy atom. The average molecular weight is 300 g/mol. The summed E-state index contributed by atoms with van der Waals surface area (Å²) < 4.78 is 35.2. The molecule has 1 aromatic carbocycles. The van der Waals surface area contributed by atoms with Crippen LogP contribution in [0.5, 0.6) is 0 Å². The van der Waals surface area contributed by atoms with Gasteiger partial charge in [-0.1, -0.05) is 12.1 Å². The van der Waals surface area contributed by atoms with E-state index in [9.17, 15) is 17.6 Å². The van der Waals surface area contributed by atoms with Gasteiger partial charge in [0.25, 0.3) is 0 Å². The van der Waals surface area contributed by atoms with E-state index >= 15 is 0 Å². The van der Waals surface area contributed by atoms with Crippen LogP contribution in [0, 0.1) is 11.7 Å². The van der Waals surface area contributed by atoms with E-state index in [1.165, 1.54) is 12.1 Å². The van der Waals surface area contributed by atoms with Crippen molar-refractivity contribution in [2.24, 2.45) is 5.92 Å². The fraction of sp³-hybridized carbons (Fsp3) is 0.462. The van der Waals surface area contributed by atoms with Crippen LogP contribution < -0.4 is 10.6 Å². The van der Waals surface area contributed by atoms with Crippen molar-refractivity contribution >= 4 is 15.9 Å². The van der Waals surface area contributed by atoms with Crippen LogP contribution in [0.3, 0.4) is 0 Å². The molecule has 0 aromatic heterocycles. The van der Waals surface area contributed by atoms with Gasteiger partial charge in [-0.3, -0.25) is 0 Å². The predicted molar refractivity (Wildman–Crippen MR) is 73.4 cm³/mol. The first-order valence-electron chi connectivity index (χ1n) is 6.41. The summed E-state index contributed by atoms with van der Waals surface area (Å²) >= 11 is 0. The van der Waals surface area contributed by atoms with Crippen molar-refractivity contribution in [1.82, 2.24) is 10.6 Å². The highest BCUT2D eigenvalue weighted by Gasteiger charge is 2.27. The largest absolute Gasteiger partial charge is 0.338 e. The molecule has 7 heteroatoms. The van der Waals surface area contributed by atoms with Crippen molar-refractivity contribution in [3.8, 4) is 0 Å². The lowest BCUT2D eigenvalue weighted by Gasteiger charge is -2.11. The standard InChI is InChI=1S/C13H17FN2O3S/c14-12-3-1-10(2-4-12)7-15-13(17)16-8-11-5-6-20(18,19)9-11/h1-4,11H,5-9H2,(H2,15,16,17). The fourth-order valence-corrected chi connectivity index (χ4v) is 3.98. The Bertz CT molecular complexity index is 572. The number of carbonyl (C=O) groups excluding carboxylic acids is 1. The van der Waals surface area contributed by atoms with E-state index in [4.69, 9.17) is 0 Å². The van der Waals surface area contributed by atoms with Gasteiger partial charge in [-0.2, -0.15) is 0 Å². The zero-order valence-electron chi connectivity index (χ0n) is 10.9. The maximum atomic E-state index is 12.7. The lowest BCUT2D eigenvalue weighted by molar-refractivity contribution is 0.239. The molecule has 0 bridgehead atoms. The van der Waals surface area contributed by atoms with Crippen LogP contribution >= 0.6 is 0 Å². The molecule has 5 nitrogen and oxygen atoms in total. The quantitative estimate of drug-likeness (QED) is 0.873. The summed E-state index contributed by atoms with van der Waals surface area (Å²) in [5, 5.41) is 5.30. The van der Waals surface area contributed by atoms with Gasteiger partial charge in [0.1, 0.15) is 5.82 Å². The molecule has 1 fully saturated rings. The van der Waals surface area contributed by atoms with Gasteiger partial charge in [-0.25, -0.2) is 17.6 Å². The molecule has 0 radical (unpaired) electrons. The molecule has 0 aliphatic carbocycles. The number of carbonyl (C=O) groups is 1. The summed E-state index contributed by atoms with van der Waals surface area (Å²) in [5.74, 6) is 0.0270. The van der Waals surface area contributed by atoms with E-state index in [1.54, 1.807) is 12.1 Å². The Morgan fingerprint density at radius 1 is 1.25 bits per heavy atom. The summed E-state index contributed by atoms with van der Waals surface area (Å²) in [6.45, 7) is 0.656. The minimum Gasteiger partial charge on any atom is -0.338 e. The molecule has 1 unspecified atom stereocenters. The van der Waals surface area contributed by atoms with Crippen LogP contribution in [-0.4, -0.2) is 32.5 Å². The summed E-state index contributed by atoms with van der Waals surface area (Å²) in [7, 11) is -2.91. The number of benzene rings is 1. The summed E-state index contributed by atoms with van der Waals surface area (Å²) in [6.07, 6.45) is 0.598. The SMILES string of the molecule is O=C(NCc1ccc(F)cc1)NCC1CCS(=O)(=O)C1. The van der Waals surface area contributed by atoms with Gasteiger partial charge in [-0.05, 0) is 30.0 Å². The van der Waals surface area contributed by atoms with E-state index in [2.05, 4.69) is 10.6 Å². The molecule has 0 saturated carbocycles. The lowest BCUT2D eigenvalue weighted by Crippen LogP contribution is -2.38. The highest BCUT2D eigenvalue weighted by Crippen LogP contribution is 2.17. The molecule has 1 aromatic rings. The molecule has 20 heavy (non-hydrogen) atoms. The molecule has 0 spiro atoms. The van der Waals surface area contributed by atoms with Gasteiger partial charge < -0.3 is 10.6 Å². The van der Waals surface area contributed by atoms with E-state index < -0.39 is 9.84 Å². The Hall–Kier alpha value is -1.63. The second-order valence-corrected chi connectivity index (χ2v) is 7.19. The molecule has 1 atom stereocenters. The van der Waals surface area contributed by atoms with Crippen molar-refractivity contribution in [1.29, 1.82) is 0 Å². The number of hydrogen-bond acceptors (Lipinski definition) is 3. The smallest absolute Gasteiger partial charge is 0.315 e. The Kier molecular flexibility index (Phi) is 4.59. The maximum Gasteiger partial charge on any atom is 0.315 e. The molecule has 2 amide bonds. The third kappa shape index (κ3) is 4.48. The third-order valence-corrected chi connectivity index (χ3v) is 5.08. The number of amides is 2. The van der Waals surface area contributed by atoms with Gasteiger partial charge in [0.15, 0.2) is 9.84 Å². The van der Waals surface area contributed by atoms with E-state index in [0.29, 0.717) is 19.5 Å². The van der Waals surface area contributed by atoms with E-state index in [0.717, 1.165) is 5.56 Å². The highest BCUT2D eigenvalue weighted by molar-refractivity contribution is 7.91. The van der Waals surface area contributed by atoms with Crippen molar-refractivity contribution < 1.29 is 17.6 Å².